The van der Waals surface area contributed by atoms with Gasteiger partial charge >= 0.3 is 0 Å². The smallest absolute Gasteiger partial charge is 0.153 e. The van der Waals surface area contributed by atoms with E-state index in [0.717, 1.165) is 17.1 Å². The van der Waals surface area contributed by atoms with Crippen LogP contribution in [-0.2, 0) is 0 Å². The van der Waals surface area contributed by atoms with Gasteiger partial charge in [-0.15, -0.1) is 0 Å². The molecular formula is C15H19N3. The summed E-state index contributed by atoms with van der Waals surface area (Å²) in [6.45, 7) is 8.27. The molecule has 1 heterocycles. The summed E-state index contributed by atoms with van der Waals surface area (Å²) in [6, 6.07) is 6.22. The van der Waals surface area contributed by atoms with Crippen LogP contribution in [0.5, 0.6) is 0 Å². The first kappa shape index (κ1) is 12.4. The van der Waals surface area contributed by atoms with Crippen molar-refractivity contribution in [2.24, 2.45) is 0 Å². The molecule has 0 radical (unpaired) electrons. The number of nitrogens with two attached hydrogens (primary N) is 1. The second-order valence-electron chi connectivity index (χ2n) is 4.79. The molecule has 1 aromatic heterocycles. The van der Waals surface area contributed by atoms with Crippen LogP contribution in [0.3, 0.4) is 0 Å². The second kappa shape index (κ2) is 4.69. The van der Waals surface area contributed by atoms with Crippen LogP contribution in [0.25, 0.3) is 0 Å². The molecule has 94 valence electrons. The van der Waals surface area contributed by atoms with E-state index in [4.69, 9.17) is 5.73 Å². The summed E-state index contributed by atoms with van der Waals surface area (Å²) in [5.41, 5.74) is 12.5. The molecule has 0 aliphatic rings. The SMILES string of the molecule is Cc1cc(C)c(Nc2nccc(C)c2N)c(C)c1. The van der Waals surface area contributed by atoms with Crippen molar-refractivity contribution in [3.8, 4) is 0 Å². The zero-order chi connectivity index (χ0) is 13.3. The number of nitrogens with one attached hydrogen (secondary N) is 1. The summed E-state index contributed by atoms with van der Waals surface area (Å²) in [6.07, 6.45) is 1.77. The van der Waals surface area contributed by atoms with E-state index in [-0.39, 0.29) is 0 Å². The summed E-state index contributed by atoms with van der Waals surface area (Å²) < 4.78 is 0. The van der Waals surface area contributed by atoms with Crippen LogP contribution >= 0.6 is 0 Å². The molecule has 0 atom stereocenters. The van der Waals surface area contributed by atoms with Gasteiger partial charge in [0.1, 0.15) is 0 Å². The highest BCUT2D eigenvalue weighted by atomic mass is 15.0. The molecule has 0 amide bonds. The summed E-state index contributed by atoms with van der Waals surface area (Å²) in [5, 5.41) is 3.34. The van der Waals surface area contributed by atoms with E-state index in [9.17, 15) is 0 Å². The molecule has 0 bridgehead atoms. The first-order chi connectivity index (χ1) is 8.49. The van der Waals surface area contributed by atoms with Crippen molar-refractivity contribution in [1.82, 2.24) is 4.98 Å². The van der Waals surface area contributed by atoms with Crippen molar-refractivity contribution in [2.75, 3.05) is 11.1 Å². The highest BCUT2D eigenvalue weighted by Crippen LogP contribution is 2.28. The van der Waals surface area contributed by atoms with Crippen LogP contribution in [0, 0.1) is 27.7 Å². The highest BCUT2D eigenvalue weighted by molar-refractivity contribution is 5.74. The van der Waals surface area contributed by atoms with Crippen LogP contribution < -0.4 is 11.1 Å². The van der Waals surface area contributed by atoms with Gasteiger partial charge in [-0.25, -0.2) is 4.98 Å². The first-order valence-electron chi connectivity index (χ1n) is 6.05. The molecule has 2 aromatic rings. The quantitative estimate of drug-likeness (QED) is 0.844. The van der Waals surface area contributed by atoms with Gasteiger partial charge in [0.2, 0.25) is 0 Å². The van der Waals surface area contributed by atoms with E-state index >= 15 is 0 Å². The van der Waals surface area contributed by atoms with Gasteiger partial charge in [-0.05, 0) is 50.5 Å². The third-order valence-electron chi connectivity index (χ3n) is 3.13. The minimum atomic E-state index is 0.705. The van der Waals surface area contributed by atoms with Crippen molar-refractivity contribution < 1.29 is 0 Å². The van der Waals surface area contributed by atoms with Gasteiger partial charge in [0, 0.05) is 11.9 Å². The normalized spacial score (nSPS) is 10.4. The Labute approximate surface area is 108 Å². The Morgan fingerprint density at radius 1 is 1.00 bits per heavy atom. The molecule has 3 nitrogen and oxygen atoms in total. The third-order valence-corrected chi connectivity index (χ3v) is 3.13. The standard InChI is InChI=1S/C15H19N3/c1-9-7-11(3)14(12(4)8-9)18-15-13(16)10(2)5-6-17-15/h5-8H,16H2,1-4H3,(H,17,18). The van der Waals surface area contributed by atoms with Crippen molar-refractivity contribution >= 4 is 17.2 Å². The fourth-order valence-electron chi connectivity index (χ4n) is 2.16. The Kier molecular flexibility index (Phi) is 3.24. The molecule has 1 aromatic carbocycles. The second-order valence-corrected chi connectivity index (χ2v) is 4.79. The number of hydrogen-bond acceptors (Lipinski definition) is 3. The van der Waals surface area contributed by atoms with Gasteiger partial charge < -0.3 is 11.1 Å². The number of anilines is 3. The molecule has 18 heavy (non-hydrogen) atoms. The number of rotatable bonds is 2. The average Bonchev–Trinajstić information content (AvgIpc) is 2.28. The summed E-state index contributed by atoms with van der Waals surface area (Å²) in [7, 11) is 0. The third kappa shape index (κ3) is 2.30. The lowest BCUT2D eigenvalue weighted by molar-refractivity contribution is 1.25. The van der Waals surface area contributed by atoms with Crippen molar-refractivity contribution in [3.05, 3.63) is 46.6 Å². The van der Waals surface area contributed by atoms with Gasteiger partial charge in [0.15, 0.2) is 5.82 Å². The van der Waals surface area contributed by atoms with E-state index in [1.807, 2.05) is 13.0 Å². The molecule has 2 rings (SSSR count). The van der Waals surface area contributed by atoms with E-state index in [1.165, 1.54) is 16.7 Å². The van der Waals surface area contributed by atoms with Crippen LogP contribution in [0.15, 0.2) is 24.4 Å². The zero-order valence-corrected chi connectivity index (χ0v) is 11.3. The molecular weight excluding hydrogens is 222 g/mol. The topological polar surface area (TPSA) is 50.9 Å². The molecule has 0 saturated carbocycles. The summed E-state index contributed by atoms with van der Waals surface area (Å²) >= 11 is 0. The first-order valence-corrected chi connectivity index (χ1v) is 6.05. The van der Waals surface area contributed by atoms with Crippen LogP contribution in [0.1, 0.15) is 22.3 Å². The van der Waals surface area contributed by atoms with Crippen LogP contribution in [0.2, 0.25) is 0 Å². The minimum absolute atomic E-state index is 0.705. The molecule has 0 saturated heterocycles. The van der Waals surface area contributed by atoms with E-state index in [2.05, 4.69) is 43.2 Å². The van der Waals surface area contributed by atoms with Crippen LogP contribution in [-0.4, -0.2) is 4.98 Å². The van der Waals surface area contributed by atoms with Crippen LogP contribution in [0.4, 0.5) is 17.2 Å². The lowest BCUT2D eigenvalue weighted by atomic mass is 10.0. The Hall–Kier alpha value is -2.03. The van der Waals surface area contributed by atoms with Gasteiger partial charge in [-0.2, -0.15) is 0 Å². The lowest BCUT2D eigenvalue weighted by Gasteiger charge is -2.15. The highest BCUT2D eigenvalue weighted by Gasteiger charge is 2.08. The molecule has 0 fully saturated rings. The maximum absolute atomic E-state index is 6.04. The number of hydrogen-bond donors (Lipinski definition) is 2. The Morgan fingerprint density at radius 3 is 2.22 bits per heavy atom. The van der Waals surface area contributed by atoms with Crippen molar-refractivity contribution in [2.45, 2.75) is 27.7 Å². The molecule has 0 unspecified atom stereocenters. The number of benzene rings is 1. The van der Waals surface area contributed by atoms with E-state index < -0.39 is 0 Å². The maximum Gasteiger partial charge on any atom is 0.153 e. The number of aryl methyl sites for hydroxylation is 4. The molecule has 3 heteroatoms. The molecule has 0 spiro atoms. The minimum Gasteiger partial charge on any atom is -0.396 e. The largest absolute Gasteiger partial charge is 0.396 e. The van der Waals surface area contributed by atoms with Gasteiger partial charge in [-0.3, -0.25) is 0 Å². The van der Waals surface area contributed by atoms with Gasteiger partial charge in [0.25, 0.3) is 0 Å². The predicted molar refractivity (Wildman–Crippen MR) is 77.3 cm³/mol. The molecule has 3 N–H and O–H groups in total. The number of nitrogens with zero attached hydrogens (tertiary/aromatic N) is 1. The number of pyridine rings is 1. The average molecular weight is 241 g/mol. The Balaban J connectivity index is 2.43. The molecule has 0 aliphatic carbocycles. The fourth-order valence-corrected chi connectivity index (χ4v) is 2.16. The van der Waals surface area contributed by atoms with E-state index in [1.54, 1.807) is 6.20 Å². The number of aromatic nitrogens is 1. The van der Waals surface area contributed by atoms with E-state index in [0.29, 0.717) is 5.69 Å². The van der Waals surface area contributed by atoms with Crippen molar-refractivity contribution in [3.63, 3.8) is 0 Å². The lowest BCUT2D eigenvalue weighted by Crippen LogP contribution is -2.03. The zero-order valence-electron chi connectivity index (χ0n) is 11.3. The Morgan fingerprint density at radius 2 is 1.61 bits per heavy atom. The molecule has 0 aliphatic heterocycles. The van der Waals surface area contributed by atoms with Crippen molar-refractivity contribution in [1.29, 1.82) is 0 Å². The fraction of sp³-hybridized carbons (Fsp3) is 0.267. The van der Waals surface area contributed by atoms with Gasteiger partial charge in [0.05, 0.1) is 5.69 Å². The Bertz CT molecular complexity index is 565. The predicted octanol–water partition coefficient (Wildman–Crippen LogP) is 3.64. The summed E-state index contributed by atoms with van der Waals surface area (Å²) in [4.78, 5) is 4.30. The maximum atomic E-state index is 6.04. The number of nitrogen functional groups attached to an aromatic ring is 1. The van der Waals surface area contributed by atoms with Gasteiger partial charge in [-0.1, -0.05) is 17.7 Å². The monoisotopic (exact) mass is 241 g/mol. The summed E-state index contributed by atoms with van der Waals surface area (Å²) in [5.74, 6) is 0.727.